The van der Waals surface area contributed by atoms with Gasteiger partial charge in [0.1, 0.15) is 0 Å². The topological polar surface area (TPSA) is 39.7 Å². The van der Waals surface area contributed by atoms with Gasteiger partial charge in [-0.3, -0.25) is 0 Å². The lowest BCUT2D eigenvalue weighted by molar-refractivity contribution is 0.0255. The van der Waals surface area contributed by atoms with E-state index in [1.165, 1.54) is 32.1 Å². The second-order valence-electron chi connectivity index (χ2n) is 5.89. The quantitative estimate of drug-likeness (QED) is 0.560. The minimum absolute atomic E-state index is 0.651. The average molecular weight is 287 g/mol. The molecule has 1 aliphatic rings. The highest BCUT2D eigenvalue weighted by atomic mass is 16.5. The third-order valence-electron chi connectivity index (χ3n) is 4.00. The minimum atomic E-state index is 0.651. The summed E-state index contributed by atoms with van der Waals surface area (Å²) in [6.07, 6.45) is 7.05. The normalized spacial score (nSPS) is 23.1. The molecular formula is C16H33NO3. The lowest BCUT2D eigenvalue weighted by atomic mass is 9.81. The van der Waals surface area contributed by atoms with Crippen LogP contribution in [0.2, 0.25) is 0 Å². The Morgan fingerprint density at radius 2 is 1.70 bits per heavy atom. The third kappa shape index (κ3) is 9.70. The second kappa shape index (κ2) is 12.6. The lowest BCUT2D eigenvalue weighted by Gasteiger charge is -2.26. The molecule has 0 aliphatic heterocycles. The summed E-state index contributed by atoms with van der Waals surface area (Å²) in [5, 5.41) is 3.47. The molecule has 0 saturated heterocycles. The highest BCUT2D eigenvalue weighted by Gasteiger charge is 2.17. The van der Waals surface area contributed by atoms with E-state index in [2.05, 4.69) is 12.2 Å². The first-order valence-corrected chi connectivity index (χ1v) is 8.18. The number of nitrogens with one attached hydrogen (secondary N) is 1. The van der Waals surface area contributed by atoms with Crippen molar-refractivity contribution in [1.82, 2.24) is 5.32 Å². The predicted octanol–water partition coefficient (Wildman–Crippen LogP) is 2.47. The van der Waals surface area contributed by atoms with E-state index in [0.29, 0.717) is 26.4 Å². The second-order valence-corrected chi connectivity index (χ2v) is 5.89. The van der Waals surface area contributed by atoms with Crippen LogP contribution in [0, 0.1) is 11.8 Å². The molecule has 1 rings (SSSR count). The SMILES string of the molecule is COCCOCCOCCNCCC1CCCC(C)C1. The van der Waals surface area contributed by atoms with Gasteiger partial charge >= 0.3 is 0 Å². The fourth-order valence-electron chi connectivity index (χ4n) is 2.86. The van der Waals surface area contributed by atoms with Crippen LogP contribution in [0.3, 0.4) is 0 Å². The molecule has 20 heavy (non-hydrogen) atoms. The molecule has 0 bridgehead atoms. The fraction of sp³-hybridized carbons (Fsp3) is 1.00. The summed E-state index contributed by atoms with van der Waals surface area (Å²) in [7, 11) is 1.68. The van der Waals surface area contributed by atoms with Gasteiger partial charge in [-0.1, -0.05) is 26.2 Å². The van der Waals surface area contributed by atoms with E-state index in [0.717, 1.165) is 31.5 Å². The summed E-state index contributed by atoms with van der Waals surface area (Å²) in [5.41, 5.74) is 0. The Bertz CT molecular complexity index is 214. The minimum Gasteiger partial charge on any atom is -0.382 e. The van der Waals surface area contributed by atoms with Gasteiger partial charge in [-0.2, -0.15) is 0 Å². The predicted molar refractivity (Wildman–Crippen MR) is 82.1 cm³/mol. The van der Waals surface area contributed by atoms with Crippen molar-refractivity contribution in [3.05, 3.63) is 0 Å². The van der Waals surface area contributed by atoms with Gasteiger partial charge in [-0.15, -0.1) is 0 Å². The lowest BCUT2D eigenvalue weighted by Crippen LogP contribution is -2.25. The van der Waals surface area contributed by atoms with Crippen molar-refractivity contribution in [2.45, 2.75) is 39.0 Å². The van der Waals surface area contributed by atoms with Gasteiger partial charge in [0.25, 0.3) is 0 Å². The molecular weight excluding hydrogens is 254 g/mol. The molecule has 4 heteroatoms. The number of hydrogen-bond donors (Lipinski definition) is 1. The van der Waals surface area contributed by atoms with Crippen LogP contribution >= 0.6 is 0 Å². The van der Waals surface area contributed by atoms with Crippen molar-refractivity contribution in [2.75, 3.05) is 53.2 Å². The Kier molecular flexibility index (Phi) is 11.2. The molecule has 0 heterocycles. The summed E-state index contributed by atoms with van der Waals surface area (Å²) in [5.74, 6) is 1.89. The first-order valence-electron chi connectivity index (χ1n) is 8.18. The standard InChI is InChI=1S/C16H33NO3/c1-15-4-3-5-16(14-15)6-7-17-8-9-19-12-13-20-11-10-18-2/h15-17H,3-14H2,1-2H3. The monoisotopic (exact) mass is 287 g/mol. The van der Waals surface area contributed by atoms with E-state index < -0.39 is 0 Å². The molecule has 0 aromatic heterocycles. The molecule has 0 radical (unpaired) electrons. The average Bonchev–Trinajstić information content (AvgIpc) is 2.45. The summed E-state index contributed by atoms with van der Waals surface area (Å²) < 4.78 is 15.7. The molecule has 0 aromatic rings. The van der Waals surface area contributed by atoms with Gasteiger partial charge in [0.15, 0.2) is 0 Å². The van der Waals surface area contributed by atoms with Gasteiger partial charge in [0.05, 0.1) is 33.0 Å². The Labute approximate surface area is 124 Å². The molecule has 1 aliphatic carbocycles. The summed E-state index contributed by atoms with van der Waals surface area (Å²) >= 11 is 0. The molecule has 0 spiro atoms. The highest BCUT2D eigenvalue weighted by molar-refractivity contribution is 4.71. The molecule has 1 saturated carbocycles. The molecule has 1 N–H and O–H groups in total. The largest absolute Gasteiger partial charge is 0.382 e. The first-order chi connectivity index (χ1) is 9.83. The zero-order valence-electron chi connectivity index (χ0n) is 13.4. The van der Waals surface area contributed by atoms with Crippen LogP contribution < -0.4 is 5.32 Å². The number of methoxy groups -OCH3 is 1. The van der Waals surface area contributed by atoms with Crippen molar-refractivity contribution in [1.29, 1.82) is 0 Å². The van der Waals surface area contributed by atoms with Crippen LogP contribution in [0.1, 0.15) is 39.0 Å². The number of rotatable bonds is 12. The first kappa shape index (κ1) is 17.9. The highest BCUT2D eigenvalue weighted by Crippen LogP contribution is 2.30. The van der Waals surface area contributed by atoms with Crippen LogP contribution in [-0.2, 0) is 14.2 Å². The van der Waals surface area contributed by atoms with Crippen LogP contribution in [-0.4, -0.2) is 53.2 Å². The van der Waals surface area contributed by atoms with Gasteiger partial charge in [0, 0.05) is 13.7 Å². The van der Waals surface area contributed by atoms with E-state index in [1.54, 1.807) is 7.11 Å². The van der Waals surface area contributed by atoms with E-state index in [-0.39, 0.29) is 0 Å². The van der Waals surface area contributed by atoms with Gasteiger partial charge in [-0.05, 0) is 31.2 Å². The summed E-state index contributed by atoms with van der Waals surface area (Å²) in [4.78, 5) is 0. The Morgan fingerprint density at radius 1 is 0.950 bits per heavy atom. The van der Waals surface area contributed by atoms with Crippen molar-refractivity contribution in [3.63, 3.8) is 0 Å². The zero-order chi connectivity index (χ0) is 14.5. The van der Waals surface area contributed by atoms with E-state index in [9.17, 15) is 0 Å². The zero-order valence-corrected chi connectivity index (χ0v) is 13.4. The van der Waals surface area contributed by atoms with Gasteiger partial charge in [0.2, 0.25) is 0 Å². The molecule has 0 aromatic carbocycles. The number of ether oxygens (including phenoxy) is 3. The van der Waals surface area contributed by atoms with Crippen LogP contribution in [0.4, 0.5) is 0 Å². The maximum Gasteiger partial charge on any atom is 0.0701 e. The van der Waals surface area contributed by atoms with Crippen molar-refractivity contribution in [2.24, 2.45) is 11.8 Å². The third-order valence-corrected chi connectivity index (χ3v) is 4.00. The molecule has 2 unspecified atom stereocenters. The van der Waals surface area contributed by atoms with E-state index >= 15 is 0 Å². The Morgan fingerprint density at radius 3 is 2.45 bits per heavy atom. The van der Waals surface area contributed by atoms with Crippen LogP contribution in [0.15, 0.2) is 0 Å². The van der Waals surface area contributed by atoms with Crippen molar-refractivity contribution in [3.8, 4) is 0 Å². The Balaban J connectivity index is 1.76. The molecule has 0 amide bonds. The van der Waals surface area contributed by atoms with Crippen molar-refractivity contribution >= 4 is 0 Å². The van der Waals surface area contributed by atoms with Crippen LogP contribution in [0.25, 0.3) is 0 Å². The fourth-order valence-corrected chi connectivity index (χ4v) is 2.86. The molecule has 2 atom stereocenters. The summed E-state index contributed by atoms with van der Waals surface area (Å²) in [6, 6.07) is 0. The summed E-state index contributed by atoms with van der Waals surface area (Å²) in [6.45, 7) is 7.87. The van der Waals surface area contributed by atoms with Gasteiger partial charge < -0.3 is 19.5 Å². The van der Waals surface area contributed by atoms with Crippen molar-refractivity contribution < 1.29 is 14.2 Å². The molecule has 4 nitrogen and oxygen atoms in total. The van der Waals surface area contributed by atoms with E-state index in [4.69, 9.17) is 14.2 Å². The van der Waals surface area contributed by atoms with E-state index in [1.807, 2.05) is 0 Å². The number of hydrogen-bond acceptors (Lipinski definition) is 4. The maximum atomic E-state index is 5.49. The maximum absolute atomic E-state index is 5.49. The van der Waals surface area contributed by atoms with Crippen LogP contribution in [0.5, 0.6) is 0 Å². The molecule has 1 fully saturated rings. The Hall–Kier alpha value is -0.160. The molecule has 120 valence electrons. The smallest absolute Gasteiger partial charge is 0.0701 e. The van der Waals surface area contributed by atoms with Gasteiger partial charge in [-0.25, -0.2) is 0 Å².